The SMILES string of the molecule is C#Cc1cccc(-n2nnn(C)c2=O)c1COc1cc(C)c(C)cc1Cl. The van der Waals surface area contributed by atoms with Gasteiger partial charge in [0.2, 0.25) is 0 Å². The Labute approximate surface area is 156 Å². The van der Waals surface area contributed by atoms with Crippen LogP contribution in [-0.4, -0.2) is 19.8 Å². The lowest BCUT2D eigenvalue weighted by molar-refractivity contribution is 0.305. The lowest BCUT2D eigenvalue weighted by Gasteiger charge is -2.14. The number of halogens is 1. The van der Waals surface area contributed by atoms with Gasteiger partial charge in [-0.3, -0.25) is 0 Å². The third-order valence-electron chi connectivity index (χ3n) is 4.18. The van der Waals surface area contributed by atoms with E-state index in [0.29, 0.717) is 27.6 Å². The lowest BCUT2D eigenvalue weighted by atomic mass is 10.1. The second-order valence-corrected chi connectivity index (χ2v) is 6.31. The Morgan fingerprint density at radius 3 is 2.62 bits per heavy atom. The van der Waals surface area contributed by atoms with Crippen LogP contribution >= 0.6 is 11.6 Å². The second kappa shape index (κ2) is 7.06. The van der Waals surface area contributed by atoms with Gasteiger partial charge in [-0.2, -0.15) is 9.36 Å². The molecule has 0 atom stereocenters. The number of nitrogens with zero attached hydrogens (tertiary/aromatic N) is 4. The van der Waals surface area contributed by atoms with Crippen molar-refractivity contribution in [3.63, 3.8) is 0 Å². The molecule has 0 saturated heterocycles. The first kappa shape index (κ1) is 17.8. The van der Waals surface area contributed by atoms with Gasteiger partial charge in [0.25, 0.3) is 0 Å². The number of benzene rings is 2. The first-order valence-electron chi connectivity index (χ1n) is 7.89. The molecule has 0 N–H and O–H groups in total. The van der Waals surface area contributed by atoms with Crippen LogP contribution < -0.4 is 10.4 Å². The fourth-order valence-corrected chi connectivity index (χ4v) is 2.81. The number of tetrazole rings is 1. The molecule has 6 nitrogen and oxygen atoms in total. The lowest BCUT2D eigenvalue weighted by Crippen LogP contribution is -2.23. The van der Waals surface area contributed by atoms with Crippen molar-refractivity contribution in [1.82, 2.24) is 19.8 Å². The minimum absolute atomic E-state index is 0.140. The van der Waals surface area contributed by atoms with Crippen LogP contribution in [0.15, 0.2) is 35.1 Å². The molecular formula is C19H17ClN4O2. The van der Waals surface area contributed by atoms with Crippen LogP contribution in [0.25, 0.3) is 5.69 Å². The average molecular weight is 369 g/mol. The van der Waals surface area contributed by atoms with Gasteiger partial charge in [0.15, 0.2) is 0 Å². The van der Waals surface area contributed by atoms with Crippen LogP contribution in [0.3, 0.4) is 0 Å². The minimum Gasteiger partial charge on any atom is -0.487 e. The molecule has 0 aliphatic heterocycles. The normalized spacial score (nSPS) is 10.6. The monoisotopic (exact) mass is 368 g/mol. The summed E-state index contributed by atoms with van der Waals surface area (Å²) in [4.78, 5) is 12.2. The predicted molar refractivity (Wildman–Crippen MR) is 99.8 cm³/mol. The van der Waals surface area contributed by atoms with Gasteiger partial charge in [-0.25, -0.2) is 4.79 Å². The Balaban J connectivity index is 2.03. The molecule has 0 aliphatic carbocycles. The highest BCUT2D eigenvalue weighted by Gasteiger charge is 2.15. The Bertz CT molecular complexity index is 1080. The molecule has 0 radical (unpaired) electrons. The summed E-state index contributed by atoms with van der Waals surface area (Å²) in [6.07, 6.45) is 5.62. The molecule has 1 heterocycles. The summed E-state index contributed by atoms with van der Waals surface area (Å²) in [6, 6.07) is 9.03. The van der Waals surface area contributed by atoms with Crippen LogP contribution in [0.4, 0.5) is 0 Å². The van der Waals surface area contributed by atoms with E-state index in [4.69, 9.17) is 22.8 Å². The van der Waals surface area contributed by atoms with Crippen molar-refractivity contribution in [2.75, 3.05) is 0 Å². The number of rotatable bonds is 4. The maximum absolute atomic E-state index is 12.2. The number of ether oxygens (including phenoxy) is 1. The van der Waals surface area contributed by atoms with Crippen molar-refractivity contribution in [3.05, 3.63) is 68.1 Å². The van der Waals surface area contributed by atoms with Crippen LogP contribution in [0.1, 0.15) is 22.3 Å². The number of aromatic nitrogens is 4. The highest BCUT2D eigenvalue weighted by molar-refractivity contribution is 6.32. The highest BCUT2D eigenvalue weighted by Crippen LogP contribution is 2.29. The number of terminal acetylenes is 1. The van der Waals surface area contributed by atoms with Gasteiger partial charge in [0.05, 0.1) is 10.7 Å². The van der Waals surface area contributed by atoms with E-state index in [2.05, 4.69) is 16.3 Å². The molecule has 3 aromatic rings. The van der Waals surface area contributed by atoms with E-state index in [1.54, 1.807) is 18.2 Å². The highest BCUT2D eigenvalue weighted by atomic mass is 35.5. The van der Waals surface area contributed by atoms with Gasteiger partial charge >= 0.3 is 5.69 Å². The van der Waals surface area contributed by atoms with Crippen molar-refractivity contribution in [1.29, 1.82) is 0 Å². The standard InChI is InChI=1S/C19H17ClN4O2/c1-5-14-7-6-8-17(24-19(25)23(4)21-22-24)15(14)11-26-18-10-13(3)12(2)9-16(18)20/h1,6-10H,11H2,2-4H3. The number of hydrogen-bond donors (Lipinski definition) is 0. The van der Waals surface area contributed by atoms with E-state index in [-0.39, 0.29) is 12.3 Å². The van der Waals surface area contributed by atoms with Crippen molar-refractivity contribution in [2.45, 2.75) is 20.5 Å². The molecule has 0 bridgehead atoms. The van der Waals surface area contributed by atoms with E-state index >= 15 is 0 Å². The molecule has 132 valence electrons. The smallest absolute Gasteiger partial charge is 0.368 e. The number of aryl methyl sites for hydroxylation is 3. The maximum atomic E-state index is 12.2. The summed E-state index contributed by atoms with van der Waals surface area (Å²) < 4.78 is 8.25. The van der Waals surface area contributed by atoms with Gasteiger partial charge < -0.3 is 4.74 Å². The first-order valence-corrected chi connectivity index (χ1v) is 8.27. The molecule has 7 heteroatoms. The molecular weight excluding hydrogens is 352 g/mol. The third-order valence-corrected chi connectivity index (χ3v) is 4.47. The number of hydrogen-bond acceptors (Lipinski definition) is 4. The largest absolute Gasteiger partial charge is 0.487 e. The van der Waals surface area contributed by atoms with Crippen LogP contribution in [0.2, 0.25) is 5.02 Å². The van der Waals surface area contributed by atoms with Gasteiger partial charge in [0.1, 0.15) is 12.4 Å². The van der Waals surface area contributed by atoms with Crippen molar-refractivity contribution >= 4 is 11.6 Å². The molecule has 26 heavy (non-hydrogen) atoms. The summed E-state index contributed by atoms with van der Waals surface area (Å²) >= 11 is 6.28. The molecule has 0 unspecified atom stereocenters. The molecule has 0 saturated carbocycles. The fourth-order valence-electron chi connectivity index (χ4n) is 2.54. The molecule has 2 aromatic carbocycles. The molecule has 0 fully saturated rings. The van der Waals surface area contributed by atoms with Crippen molar-refractivity contribution in [3.8, 4) is 23.8 Å². The maximum Gasteiger partial charge on any atom is 0.368 e. The summed E-state index contributed by atoms with van der Waals surface area (Å²) in [5.74, 6) is 3.17. The van der Waals surface area contributed by atoms with Gasteiger partial charge in [-0.1, -0.05) is 23.6 Å². The quantitative estimate of drug-likeness (QED) is 0.664. The zero-order valence-electron chi connectivity index (χ0n) is 14.7. The second-order valence-electron chi connectivity index (χ2n) is 5.90. The Kier molecular flexibility index (Phi) is 4.83. The van der Waals surface area contributed by atoms with Crippen molar-refractivity contribution in [2.24, 2.45) is 7.05 Å². The zero-order valence-corrected chi connectivity index (χ0v) is 15.4. The molecule has 1 aromatic heterocycles. The molecule has 0 aliphatic rings. The van der Waals surface area contributed by atoms with Crippen LogP contribution in [-0.2, 0) is 13.7 Å². The van der Waals surface area contributed by atoms with Crippen LogP contribution in [0, 0.1) is 26.2 Å². The Hall–Kier alpha value is -3.04. The summed E-state index contributed by atoms with van der Waals surface area (Å²) in [6.45, 7) is 4.11. The Morgan fingerprint density at radius 1 is 1.23 bits per heavy atom. The van der Waals surface area contributed by atoms with E-state index < -0.39 is 0 Å². The van der Waals surface area contributed by atoms with Crippen molar-refractivity contribution < 1.29 is 4.74 Å². The van der Waals surface area contributed by atoms with Crippen LogP contribution in [0.5, 0.6) is 5.75 Å². The summed E-state index contributed by atoms with van der Waals surface area (Å²) in [5, 5.41) is 8.15. The molecule has 3 rings (SSSR count). The van der Waals surface area contributed by atoms with Gasteiger partial charge in [-0.15, -0.1) is 6.42 Å². The van der Waals surface area contributed by atoms with E-state index in [1.165, 1.54) is 11.7 Å². The first-order chi connectivity index (χ1) is 12.4. The predicted octanol–water partition coefficient (Wildman–Crippen LogP) is 2.80. The minimum atomic E-state index is -0.371. The fraction of sp³-hybridized carbons (Fsp3) is 0.211. The summed E-state index contributed by atoms with van der Waals surface area (Å²) in [5.41, 5.74) is 3.58. The topological polar surface area (TPSA) is 61.9 Å². The molecule has 0 spiro atoms. The third kappa shape index (κ3) is 3.22. The Morgan fingerprint density at radius 2 is 1.96 bits per heavy atom. The van der Waals surface area contributed by atoms with E-state index in [9.17, 15) is 4.79 Å². The zero-order chi connectivity index (χ0) is 18.8. The van der Waals surface area contributed by atoms with E-state index in [1.807, 2.05) is 26.0 Å². The van der Waals surface area contributed by atoms with Gasteiger partial charge in [0, 0.05) is 18.2 Å². The van der Waals surface area contributed by atoms with E-state index in [0.717, 1.165) is 15.8 Å². The van der Waals surface area contributed by atoms with Gasteiger partial charge in [-0.05, 0) is 59.7 Å². The summed E-state index contributed by atoms with van der Waals surface area (Å²) in [7, 11) is 1.53. The average Bonchev–Trinajstić information content (AvgIpc) is 2.95. The molecule has 0 amide bonds.